The lowest BCUT2D eigenvalue weighted by Gasteiger charge is -2.28. The quantitative estimate of drug-likeness (QED) is 0.883. The van der Waals surface area contributed by atoms with Gasteiger partial charge >= 0.3 is 6.09 Å². The molecule has 7 heteroatoms. The highest BCUT2D eigenvalue weighted by Gasteiger charge is 2.61. The zero-order valence-electron chi connectivity index (χ0n) is 17.1. The van der Waals surface area contributed by atoms with Gasteiger partial charge in [-0.1, -0.05) is 6.07 Å². The molecule has 2 atom stereocenters. The maximum Gasteiger partial charge on any atom is 0.410 e. The molecule has 1 saturated carbocycles. The third-order valence-electron chi connectivity index (χ3n) is 5.68. The lowest BCUT2D eigenvalue weighted by atomic mass is 9.95. The Hall–Kier alpha value is -2.57. The van der Waals surface area contributed by atoms with E-state index in [1.807, 2.05) is 69.7 Å². The van der Waals surface area contributed by atoms with Crippen molar-refractivity contribution in [2.45, 2.75) is 45.8 Å². The molecule has 0 aromatic carbocycles. The molecule has 28 heavy (non-hydrogen) atoms. The SMILES string of the molecule is CC(C)(C)OC(=O)N1CC2C(C1)C2C(=O)NC(C)(C)c1cnn2ccccc12. The topological polar surface area (TPSA) is 75.9 Å². The van der Waals surface area contributed by atoms with Crippen molar-refractivity contribution < 1.29 is 14.3 Å². The molecule has 0 bridgehead atoms. The van der Waals surface area contributed by atoms with Crippen LogP contribution in [0.3, 0.4) is 0 Å². The van der Waals surface area contributed by atoms with E-state index in [1.54, 1.807) is 4.90 Å². The van der Waals surface area contributed by atoms with Crippen LogP contribution in [0.5, 0.6) is 0 Å². The predicted molar refractivity (Wildman–Crippen MR) is 105 cm³/mol. The minimum Gasteiger partial charge on any atom is -0.444 e. The minimum atomic E-state index is -0.526. The smallest absolute Gasteiger partial charge is 0.410 e. The first-order valence-corrected chi connectivity index (χ1v) is 9.80. The van der Waals surface area contributed by atoms with Crippen LogP contribution in [-0.4, -0.2) is 45.2 Å². The number of carbonyl (C=O) groups excluding carboxylic acids is 2. The number of hydrogen-bond acceptors (Lipinski definition) is 4. The first kappa shape index (κ1) is 18.8. The molecule has 7 nitrogen and oxygen atoms in total. The lowest BCUT2D eigenvalue weighted by Crippen LogP contribution is -2.44. The van der Waals surface area contributed by atoms with Crippen LogP contribution in [0.2, 0.25) is 0 Å². The summed E-state index contributed by atoms with van der Waals surface area (Å²) in [6.07, 6.45) is 3.42. The second-order valence-electron chi connectivity index (χ2n) is 9.44. The normalized spacial score (nSPS) is 24.2. The molecule has 0 radical (unpaired) electrons. The summed E-state index contributed by atoms with van der Waals surface area (Å²) in [6.45, 7) is 10.8. The Bertz CT molecular complexity index is 915. The number of hydrogen-bond donors (Lipinski definition) is 1. The van der Waals surface area contributed by atoms with Gasteiger partial charge in [0.25, 0.3) is 0 Å². The molecule has 150 valence electrons. The van der Waals surface area contributed by atoms with Gasteiger partial charge in [0, 0.05) is 30.8 Å². The van der Waals surface area contributed by atoms with Gasteiger partial charge in [0.15, 0.2) is 0 Å². The molecule has 2 amide bonds. The van der Waals surface area contributed by atoms with Gasteiger partial charge in [-0.05, 0) is 58.6 Å². The minimum absolute atomic E-state index is 0.0280. The Morgan fingerprint density at radius 1 is 1.14 bits per heavy atom. The Morgan fingerprint density at radius 2 is 1.82 bits per heavy atom. The zero-order valence-corrected chi connectivity index (χ0v) is 17.1. The van der Waals surface area contributed by atoms with Crippen molar-refractivity contribution >= 4 is 17.5 Å². The zero-order chi connectivity index (χ0) is 20.3. The molecular formula is C21H28N4O3. The van der Waals surface area contributed by atoms with Gasteiger partial charge in [0.05, 0.1) is 17.3 Å². The maximum absolute atomic E-state index is 12.9. The van der Waals surface area contributed by atoms with Crippen molar-refractivity contribution in [3.8, 4) is 0 Å². The molecule has 2 aromatic heterocycles. The summed E-state index contributed by atoms with van der Waals surface area (Å²) in [6, 6.07) is 5.90. The van der Waals surface area contributed by atoms with Crippen LogP contribution in [0.25, 0.3) is 5.52 Å². The molecule has 2 fully saturated rings. The number of amides is 2. The number of piperidine rings is 1. The summed E-state index contributed by atoms with van der Waals surface area (Å²) in [4.78, 5) is 26.8. The van der Waals surface area contributed by atoms with Crippen molar-refractivity contribution in [3.05, 3.63) is 36.2 Å². The van der Waals surface area contributed by atoms with Crippen LogP contribution >= 0.6 is 0 Å². The third kappa shape index (κ3) is 3.34. The largest absolute Gasteiger partial charge is 0.444 e. The number of carbonyl (C=O) groups is 2. The van der Waals surface area contributed by atoms with E-state index < -0.39 is 11.1 Å². The fourth-order valence-corrected chi connectivity index (χ4v) is 4.27. The fraction of sp³-hybridized carbons (Fsp3) is 0.571. The van der Waals surface area contributed by atoms with Crippen molar-refractivity contribution in [2.75, 3.05) is 13.1 Å². The summed E-state index contributed by atoms with van der Waals surface area (Å²) >= 11 is 0. The number of pyridine rings is 1. The summed E-state index contributed by atoms with van der Waals surface area (Å²) in [7, 11) is 0. The van der Waals surface area contributed by atoms with E-state index in [-0.39, 0.29) is 29.8 Å². The molecule has 1 aliphatic heterocycles. The Kier molecular flexibility index (Phi) is 4.17. The molecule has 1 saturated heterocycles. The number of ether oxygens (including phenoxy) is 1. The van der Waals surface area contributed by atoms with E-state index in [2.05, 4.69) is 10.4 Å². The molecule has 0 spiro atoms. The number of rotatable bonds is 3. The van der Waals surface area contributed by atoms with Crippen LogP contribution in [0.15, 0.2) is 30.6 Å². The van der Waals surface area contributed by atoms with Crippen LogP contribution in [-0.2, 0) is 15.1 Å². The molecule has 4 rings (SSSR count). The molecule has 1 N–H and O–H groups in total. The second-order valence-corrected chi connectivity index (χ2v) is 9.44. The van der Waals surface area contributed by atoms with Crippen LogP contribution in [0, 0.1) is 17.8 Å². The number of nitrogens with one attached hydrogen (secondary N) is 1. The van der Waals surface area contributed by atoms with Gasteiger partial charge in [0.1, 0.15) is 5.60 Å². The number of aromatic nitrogens is 2. The number of likely N-dealkylation sites (tertiary alicyclic amines) is 1. The average molecular weight is 384 g/mol. The van der Waals surface area contributed by atoms with Crippen molar-refractivity contribution in [3.63, 3.8) is 0 Å². The molecule has 1 aliphatic carbocycles. The highest BCUT2D eigenvalue weighted by atomic mass is 16.6. The number of fused-ring (bicyclic) bond motifs is 2. The summed E-state index contributed by atoms with van der Waals surface area (Å²) < 4.78 is 7.25. The Morgan fingerprint density at radius 3 is 2.46 bits per heavy atom. The molecule has 2 aromatic rings. The molecule has 3 heterocycles. The highest BCUT2D eigenvalue weighted by Crippen LogP contribution is 2.52. The fourth-order valence-electron chi connectivity index (χ4n) is 4.27. The van der Waals surface area contributed by atoms with Crippen molar-refractivity contribution in [2.24, 2.45) is 17.8 Å². The average Bonchev–Trinajstić information content (AvgIpc) is 2.96. The van der Waals surface area contributed by atoms with Gasteiger partial charge in [-0.15, -0.1) is 0 Å². The predicted octanol–water partition coefficient (Wildman–Crippen LogP) is 2.80. The first-order valence-electron chi connectivity index (χ1n) is 9.80. The van der Waals surface area contributed by atoms with Crippen LogP contribution in [0.1, 0.15) is 40.2 Å². The molecule has 2 unspecified atom stereocenters. The maximum atomic E-state index is 12.9. The van der Waals surface area contributed by atoms with E-state index >= 15 is 0 Å². The molecular weight excluding hydrogens is 356 g/mol. The van der Waals surface area contributed by atoms with Gasteiger partial charge < -0.3 is 15.0 Å². The highest BCUT2D eigenvalue weighted by molar-refractivity contribution is 5.84. The monoisotopic (exact) mass is 384 g/mol. The summed E-state index contributed by atoms with van der Waals surface area (Å²) in [5.74, 6) is 0.485. The second kappa shape index (κ2) is 6.22. The van der Waals surface area contributed by atoms with E-state index in [1.165, 1.54) is 0 Å². The first-order chi connectivity index (χ1) is 13.1. The van der Waals surface area contributed by atoms with E-state index in [0.717, 1.165) is 11.1 Å². The van der Waals surface area contributed by atoms with Gasteiger partial charge in [0.2, 0.25) is 5.91 Å². The van der Waals surface area contributed by atoms with Gasteiger partial charge in [-0.25, -0.2) is 9.31 Å². The summed E-state index contributed by atoms with van der Waals surface area (Å²) in [5.41, 5.74) is 0.948. The van der Waals surface area contributed by atoms with Crippen LogP contribution < -0.4 is 5.32 Å². The molecule has 2 aliphatic rings. The third-order valence-corrected chi connectivity index (χ3v) is 5.68. The van der Waals surface area contributed by atoms with E-state index in [9.17, 15) is 9.59 Å². The van der Waals surface area contributed by atoms with Gasteiger partial charge in [-0.3, -0.25) is 4.79 Å². The van der Waals surface area contributed by atoms with Crippen molar-refractivity contribution in [1.29, 1.82) is 0 Å². The summed E-state index contributed by atoms with van der Waals surface area (Å²) in [5, 5.41) is 7.57. The van der Waals surface area contributed by atoms with Crippen LogP contribution in [0.4, 0.5) is 4.79 Å². The van der Waals surface area contributed by atoms with E-state index in [0.29, 0.717) is 13.1 Å². The van der Waals surface area contributed by atoms with E-state index in [4.69, 9.17) is 4.74 Å². The van der Waals surface area contributed by atoms with Crippen molar-refractivity contribution in [1.82, 2.24) is 19.8 Å². The van der Waals surface area contributed by atoms with Gasteiger partial charge in [-0.2, -0.15) is 5.10 Å². The Balaban J connectivity index is 1.38. The lowest BCUT2D eigenvalue weighted by molar-refractivity contribution is -0.125. The Labute approximate surface area is 165 Å². The number of nitrogens with zero attached hydrogens (tertiary/aromatic N) is 3. The standard InChI is InChI=1S/C21H28N4O3/c1-20(2,3)28-19(27)24-11-13-14(12-24)17(13)18(26)23-21(4,5)15-10-22-25-9-7-6-8-16(15)25/h6-10,13-14,17H,11-12H2,1-5H3,(H,23,26).